The maximum atomic E-state index is 12.2. The Balaban J connectivity index is 1.80. The van der Waals surface area contributed by atoms with E-state index in [0.29, 0.717) is 13.1 Å². The molecule has 1 radical (unpaired) electrons. The van der Waals surface area contributed by atoms with Crippen molar-refractivity contribution in [2.24, 2.45) is 0 Å². The number of aliphatic hydroxyl groups is 1. The molecule has 0 bridgehead atoms. The lowest BCUT2D eigenvalue weighted by molar-refractivity contribution is -0.0893. The first-order valence-electron chi connectivity index (χ1n) is 10.3. The van der Waals surface area contributed by atoms with Crippen molar-refractivity contribution < 1.29 is 19.3 Å². The fourth-order valence-corrected chi connectivity index (χ4v) is 2.73. The van der Waals surface area contributed by atoms with Crippen LogP contribution in [0.2, 0.25) is 0 Å². The third kappa shape index (κ3) is 7.32. The van der Waals surface area contributed by atoms with Gasteiger partial charge in [-0.15, -0.1) is 0 Å². The van der Waals surface area contributed by atoms with Gasteiger partial charge >= 0.3 is 13.6 Å². The summed E-state index contributed by atoms with van der Waals surface area (Å²) >= 11 is 0. The first kappa shape index (κ1) is 23.7. The molecule has 0 spiro atoms. The first-order chi connectivity index (χ1) is 13.3. The van der Waals surface area contributed by atoms with Crippen LogP contribution >= 0.6 is 0 Å². The van der Waals surface area contributed by atoms with Crippen LogP contribution in [0.3, 0.4) is 0 Å². The molecular formula is C22H36BN2O4. The van der Waals surface area contributed by atoms with E-state index in [9.17, 15) is 9.90 Å². The lowest BCUT2D eigenvalue weighted by atomic mass is 9.82. The number of rotatable bonds is 6. The van der Waals surface area contributed by atoms with E-state index in [1.807, 2.05) is 46.8 Å². The van der Waals surface area contributed by atoms with Gasteiger partial charge in [-0.25, -0.2) is 4.79 Å². The monoisotopic (exact) mass is 403 g/mol. The Labute approximate surface area is 176 Å². The summed E-state index contributed by atoms with van der Waals surface area (Å²) in [4.78, 5) is 16.3. The normalized spacial score (nSPS) is 16.6. The Morgan fingerprint density at radius 1 is 1.00 bits per heavy atom. The number of carbonyl (C=O) groups is 1. The van der Waals surface area contributed by atoms with Crippen LogP contribution in [-0.2, 0) is 15.9 Å². The Morgan fingerprint density at radius 3 is 2.03 bits per heavy atom. The van der Waals surface area contributed by atoms with Crippen LogP contribution in [0, 0.1) is 0 Å². The van der Waals surface area contributed by atoms with Crippen molar-refractivity contribution in [2.45, 2.75) is 71.8 Å². The summed E-state index contributed by atoms with van der Waals surface area (Å²) < 4.78 is 11.3. The minimum Gasteiger partial charge on any atom is -0.444 e. The second-order valence-electron chi connectivity index (χ2n) is 9.79. The van der Waals surface area contributed by atoms with E-state index < -0.39 is 16.8 Å². The first-order valence-corrected chi connectivity index (χ1v) is 10.3. The number of hydrogen-bond donors (Lipinski definition) is 1. The molecule has 6 nitrogen and oxygen atoms in total. The molecule has 0 saturated carbocycles. The van der Waals surface area contributed by atoms with Gasteiger partial charge in [-0.05, 0) is 54.0 Å². The lowest BCUT2D eigenvalue weighted by Crippen LogP contribution is -2.49. The van der Waals surface area contributed by atoms with Crippen molar-refractivity contribution in [3.8, 4) is 0 Å². The smallest absolute Gasteiger partial charge is 0.410 e. The molecule has 1 aliphatic rings. The molecule has 0 atom stereocenters. The van der Waals surface area contributed by atoms with E-state index >= 15 is 0 Å². The van der Waals surface area contributed by atoms with Gasteiger partial charge in [0.1, 0.15) is 5.60 Å². The van der Waals surface area contributed by atoms with Gasteiger partial charge in [0, 0.05) is 32.7 Å². The van der Waals surface area contributed by atoms with Gasteiger partial charge in [-0.2, -0.15) is 0 Å². The fraction of sp³-hybridized carbons (Fsp3) is 0.682. The highest BCUT2D eigenvalue weighted by atomic mass is 16.6. The molecule has 1 saturated heterocycles. The van der Waals surface area contributed by atoms with Crippen molar-refractivity contribution in [1.29, 1.82) is 0 Å². The van der Waals surface area contributed by atoms with Crippen LogP contribution < -0.4 is 5.46 Å². The van der Waals surface area contributed by atoms with Crippen LogP contribution in [0.4, 0.5) is 4.79 Å². The van der Waals surface area contributed by atoms with Gasteiger partial charge in [0.25, 0.3) is 0 Å². The van der Waals surface area contributed by atoms with Crippen molar-refractivity contribution >= 4 is 19.0 Å². The third-order valence-corrected chi connectivity index (χ3v) is 5.37. The molecule has 1 aromatic rings. The average Bonchev–Trinajstić information content (AvgIpc) is 2.59. The molecule has 2 rings (SSSR count). The Morgan fingerprint density at radius 2 is 1.55 bits per heavy atom. The molecule has 161 valence electrons. The summed E-state index contributed by atoms with van der Waals surface area (Å²) in [5.74, 6) is 0. The Bertz CT molecular complexity index is 670. The van der Waals surface area contributed by atoms with Crippen LogP contribution in [0.25, 0.3) is 0 Å². The summed E-state index contributed by atoms with van der Waals surface area (Å²) in [5.41, 5.74) is 0.0962. The predicted octanol–water partition coefficient (Wildman–Crippen LogP) is 2.55. The van der Waals surface area contributed by atoms with E-state index in [1.54, 1.807) is 26.2 Å². The highest BCUT2D eigenvalue weighted by molar-refractivity contribution is 6.47. The molecule has 7 heteroatoms. The second kappa shape index (κ2) is 9.06. The standard InChI is InChI=1S/C22H36BN2O4/c1-20(2,3)28-19(26)25-14-12-24(13-15-25)16-17-8-10-18(11-9-17)23-29-22(6,7)21(4,5)27/h8-11,27H,12-16H2,1-7H3. The zero-order chi connectivity index (χ0) is 21.9. The molecule has 29 heavy (non-hydrogen) atoms. The summed E-state index contributed by atoms with van der Waals surface area (Å²) in [7, 11) is 1.70. The van der Waals surface area contributed by atoms with Crippen molar-refractivity contribution in [1.82, 2.24) is 9.80 Å². The molecule has 1 heterocycles. The summed E-state index contributed by atoms with van der Waals surface area (Å²) in [6.45, 7) is 16.8. The Hall–Kier alpha value is -1.57. The quantitative estimate of drug-likeness (QED) is 0.740. The second-order valence-corrected chi connectivity index (χ2v) is 9.79. The van der Waals surface area contributed by atoms with E-state index in [2.05, 4.69) is 17.0 Å². The number of hydrogen-bond acceptors (Lipinski definition) is 5. The predicted molar refractivity (Wildman–Crippen MR) is 116 cm³/mol. The molecule has 1 fully saturated rings. The molecule has 1 N–H and O–H groups in total. The highest BCUT2D eigenvalue weighted by Gasteiger charge is 2.35. The van der Waals surface area contributed by atoms with Crippen LogP contribution in [0.1, 0.15) is 54.0 Å². The highest BCUT2D eigenvalue weighted by Crippen LogP contribution is 2.24. The van der Waals surface area contributed by atoms with Gasteiger partial charge in [-0.1, -0.05) is 29.7 Å². The zero-order valence-corrected chi connectivity index (χ0v) is 19.0. The summed E-state index contributed by atoms with van der Waals surface area (Å²) in [6.07, 6.45) is -0.231. The van der Waals surface area contributed by atoms with Gasteiger partial charge in [-0.3, -0.25) is 4.90 Å². The van der Waals surface area contributed by atoms with E-state index in [1.165, 1.54) is 5.56 Å². The molecule has 0 aromatic heterocycles. The maximum absolute atomic E-state index is 12.2. The van der Waals surface area contributed by atoms with Crippen molar-refractivity contribution in [2.75, 3.05) is 26.2 Å². The van der Waals surface area contributed by atoms with E-state index in [4.69, 9.17) is 9.39 Å². The van der Waals surface area contributed by atoms with Crippen LogP contribution in [-0.4, -0.2) is 71.5 Å². The van der Waals surface area contributed by atoms with Gasteiger partial charge in [0.2, 0.25) is 0 Å². The number of ether oxygens (including phenoxy) is 1. The number of amides is 1. The lowest BCUT2D eigenvalue weighted by Gasteiger charge is -2.37. The van der Waals surface area contributed by atoms with Gasteiger partial charge in [0.05, 0.1) is 11.2 Å². The molecule has 1 aliphatic heterocycles. The largest absolute Gasteiger partial charge is 0.444 e. The van der Waals surface area contributed by atoms with Crippen LogP contribution in [0.15, 0.2) is 24.3 Å². The number of piperazine rings is 1. The molecule has 1 aromatic carbocycles. The molecule has 0 aliphatic carbocycles. The van der Waals surface area contributed by atoms with Crippen molar-refractivity contribution in [3.05, 3.63) is 29.8 Å². The fourth-order valence-electron chi connectivity index (χ4n) is 2.73. The number of carbonyl (C=O) groups excluding carboxylic acids is 1. The van der Waals surface area contributed by atoms with E-state index in [-0.39, 0.29) is 6.09 Å². The minimum atomic E-state index is -0.940. The maximum Gasteiger partial charge on any atom is 0.410 e. The topological polar surface area (TPSA) is 62.2 Å². The Kier molecular flexibility index (Phi) is 7.41. The third-order valence-electron chi connectivity index (χ3n) is 5.37. The van der Waals surface area contributed by atoms with Crippen molar-refractivity contribution in [3.63, 3.8) is 0 Å². The van der Waals surface area contributed by atoms with Crippen LogP contribution in [0.5, 0.6) is 0 Å². The molecular weight excluding hydrogens is 367 g/mol. The summed E-state index contributed by atoms with van der Waals surface area (Å²) in [6, 6.07) is 8.22. The van der Waals surface area contributed by atoms with Gasteiger partial charge < -0.3 is 19.4 Å². The average molecular weight is 403 g/mol. The molecule has 0 unspecified atom stereocenters. The number of benzene rings is 1. The van der Waals surface area contributed by atoms with Gasteiger partial charge in [0.15, 0.2) is 0 Å². The minimum absolute atomic E-state index is 0.231. The SMILES string of the molecule is CC(C)(C)OC(=O)N1CCN(Cc2ccc([B]OC(C)(C)C(C)(C)O)cc2)CC1. The summed E-state index contributed by atoms with van der Waals surface area (Å²) in [5, 5.41) is 10.2. The van der Waals surface area contributed by atoms with E-state index in [0.717, 1.165) is 25.1 Å². The number of nitrogens with zero attached hydrogens (tertiary/aromatic N) is 2. The zero-order valence-electron chi connectivity index (χ0n) is 19.0. The molecule has 1 amide bonds.